The molecule has 0 aliphatic carbocycles. The van der Waals surface area contributed by atoms with E-state index < -0.39 is 24.1 Å². The van der Waals surface area contributed by atoms with Crippen molar-refractivity contribution < 1.29 is 14.9 Å². The molecule has 0 saturated carbocycles. The number of halogens is 1. The van der Waals surface area contributed by atoms with Gasteiger partial charge in [0.05, 0.1) is 17.7 Å². The second-order valence-electron chi connectivity index (χ2n) is 4.68. The highest BCUT2D eigenvalue weighted by Crippen LogP contribution is 2.28. The number of aromatic nitrogens is 4. The van der Waals surface area contributed by atoms with E-state index in [-0.39, 0.29) is 23.9 Å². The third-order valence-corrected chi connectivity index (χ3v) is 3.40. The Hall–Kier alpha value is -2.07. The van der Waals surface area contributed by atoms with Gasteiger partial charge in [-0.05, 0) is 6.07 Å². The molecular weight excluding hydrogens is 326 g/mol. The molecule has 0 bridgehead atoms. The van der Waals surface area contributed by atoms with Crippen molar-refractivity contribution in [1.82, 2.24) is 19.5 Å². The molecule has 1 aliphatic heterocycles. The molecule has 0 spiro atoms. The van der Waals surface area contributed by atoms with Gasteiger partial charge in [0.1, 0.15) is 24.5 Å². The Morgan fingerprint density at radius 1 is 1.43 bits per heavy atom. The maximum Gasteiger partial charge on any atom is 0.351 e. The SMILES string of the molecule is Nc1nc(=O)n([C@H]2C[C@H](O)[C@@H](CO)O2)cc1Cl.c1cncnc1. The first-order chi connectivity index (χ1) is 11.0. The van der Waals surface area contributed by atoms with Crippen molar-refractivity contribution in [3.63, 3.8) is 0 Å². The lowest BCUT2D eigenvalue weighted by Crippen LogP contribution is -2.28. The van der Waals surface area contributed by atoms with Gasteiger partial charge in [-0.1, -0.05) is 11.6 Å². The van der Waals surface area contributed by atoms with Gasteiger partial charge in [-0.25, -0.2) is 14.8 Å². The summed E-state index contributed by atoms with van der Waals surface area (Å²) in [4.78, 5) is 22.4. The van der Waals surface area contributed by atoms with Gasteiger partial charge in [0.25, 0.3) is 0 Å². The van der Waals surface area contributed by atoms with Crippen LogP contribution in [-0.2, 0) is 4.74 Å². The predicted octanol–water partition coefficient (Wildman–Crippen LogP) is -0.404. The van der Waals surface area contributed by atoms with Crippen molar-refractivity contribution in [1.29, 1.82) is 0 Å². The molecule has 3 heterocycles. The van der Waals surface area contributed by atoms with Gasteiger partial charge < -0.3 is 20.7 Å². The molecule has 9 nitrogen and oxygen atoms in total. The normalized spacial score (nSPS) is 23.2. The zero-order valence-electron chi connectivity index (χ0n) is 12.0. The van der Waals surface area contributed by atoms with Crippen LogP contribution in [0, 0.1) is 0 Å². The van der Waals surface area contributed by atoms with E-state index in [4.69, 9.17) is 27.2 Å². The van der Waals surface area contributed by atoms with Crippen molar-refractivity contribution >= 4 is 17.4 Å². The predicted molar refractivity (Wildman–Crippen MR) is 81.6 cm³/mol. The van der Waals surface area contributed by atoms with Crippen molar-refractivity contribution in [2.75, 3.05) is 12.3 Å². The lowest BCUT2D eigenvalue weighted by Gasteiger charge is -2.14. The van der Waals surface area contributed by atoms with Crippen LogP contribution in [0.2, 0.25) is 5.02 Å². The van der Waals surface area contributed by atoms with E-state index in [1.54, 1.807) is 18.5 Å². The van der Waals surface area contributed by atoms with E-state index in [1.807, 2.05) is 0 Å². The summed E-state index contributed by atoms with van der Waals surface area (Å²) in [7, 11) is 0. The molecule has 2 aromatic heterocycles. The van der Waals surface area contributed by atoms with Gasteiger partial charge in [-0.15, -0.1) is 0 Å². The van der Waals surface area contributed by atoms with Crippen LogP contribution in [0.4, 0.5) is 5.82 Å². The van der Waals surface area contributed by atoms with Crippen LogP contribution in [0.3, 0.4) is 0 Å². The summed E-state index contributed by atoms with van der Waals surface area (Å²) in [5, 5.41) is 18.6. The molecule has 3 rings (SSSR count). The molecule has 0 aromatic carbocycles. The fourth-order valence-corrected chi connectivity index (χ4v) is 2.11. The largest absolute Gasteiger partial charge is 0.394 e. The van der Waals surface area contributed by atoms with E-state index in [0.29, 0.717) is 0 Å². The van der Waals surface area contributed by atoms with Crippen molar-refractivity contribution in [2.24, 2.45) is 0 Å². The Morgan fingerprint density at radius 3 is 2.61 bits per heavy atom. The fraction of sp³-hybridized carbons (Fsp3) is 0.385. The Bertz CT molecular complexity index is 657. The molecule has 0 radical (unpaired) electrons. The summed E-state index contributed by atoms with van der Waals surface area (Å²) in [5.74, 6) is -0.0508. The summed E-state index contributed by atoms with van der Waals surface area (Å²) in [6.07, 6.45) is 4.15. The highest BCUT2D eigenvalue weighted by atomic mass is 35.5. The molecule has 4 N–H and O–H groups in total. The molecule has 1 saturated heterocycles. The summed E-state index contributed by atoms with van der Waals surface area (Å²) in [6, 6.07) is 1.78. The number of rotatable bonds is 2. The zero-order valence-corrected chi connectivity index (χ0v) is 12.7. The third kappa shape index (κ3) is 4.45. The molecular formula is C13H16ClN5O4. The molecule has 0 unspecified atom stereocenters. The number of nitrogen functional groups attached to an aromatic ring is 1. The Labute approximate surface area is 136 Å². The summed E-state index contributed by atoms with van der Waals surface area (Å²) in [6.45, 7) is -0.317. The zero-order chi connectivity index (χ0) is 16.8. The number of nitrogens with two attached hydrogens (primary N) is 1. The number of nitrogens with zero attached hydrogens (tertiary/aromatic N) is 4. The summed E-state index contributed by atoms with van der Waals surface area (Å²) >= 11 is 5.76. The van der Waals surface area contributed by atoms with Gasteiger partial charge in [0, 0.05) is 25.0 Å². The first-order valence-corrected chi connectivity index (χ1v) is 7.09. The third-order valence-electron chi connectivity index (χ3n) is 3.11. The summed E-state index contributed by atoms with van der Waals surface area (Å²) < 4.78 is 6.46. The summed E-state index contributed by atoms with van der Waals surface area (Å²) in [5.41, 5.74) is 4.77. The number of ether oxygens (including phenoxy) is 1. The molecule has 3 atom stereocenters. The molecule has 2 aromatic rings. The number of aliphatic hydroxyl groups is 2. The second kappa shape index (κ2) is 7.97. The van der Waals surface area contributed by atoms with E-state index in [0.717, 1.165) is 4.57 Å². The number of hydrogen-bond acceptors (Lipinski definition) is 8. The molecule has 1 aliphatic rings. The lowest BCUT2D eigenvalue weighted by atomic mass is 10.2. The van der Waals surface area contributed by atoms with E-state index in [2.05, 4.69) is 15.0 Å². The molecule has 1 fully saturated rings. The highest BCUT2D eigenvalue weighted by molar-refractivity contribution is 6.32. The molecule has 10 heteroatoms. The number of aliphatic hydroxyl groups excluding tert-OH is 2. The van der Waals surface area contributed by atoms with Crippen molar-refractivity contribution in [3.8, 4) is 0 Å². The minimum atomic E-state index is -0.826. The quantitative estimate of drug-likeness (QED) is 0.671. The molecule has 124 valence electrons. The van der Waals surface area contributed by atoms with Crippen LogP contribution in [0.5, 0.6) is 0 Å². The van der Waals surface area contributed by atoms with Crippen LogP contribution in [0.15, 0.2) is 35.8 Å². The van der Waals surface area contributed by atoms with Gasteiger partial charge in [0.15, 0.2) is 0 Å². The fourth-order valence-electron chi connectivity index (χ4n) is 1.97. The minimum absolute atomic E-state index is 0.0508. The van der Waals surface area contributed by atoms with Crippen LogP contribution in [0.1, 0.15) is 12.6 Å². The molecule has 23 heavy (non-hydrogen) atoms. The van der Waals surface area contributed by atoms with Gasteiger partial charge in [-0.2, -0.15) is 4.98 Å². The number of anilines is 1. The maximum atomic E-state index is 11.6. The first-order valence-electron chi connectivity index (χ1n) is 6.71. The van der Waals surface area contributed by atoms with Gasteiger partial charge in [-0.3, -0.25) is 4.57 Å². The minimum Gasteiger partial charge on any atom is -0.394 e. The van der Waals surface area contributed by atoms with Crippen LogP contribution < -0.4 is 11.4 Å². The van der Waals surface area contributed by atoms with Crippen molar-refractivity contribution in [3.05, 3.63) is 46.5 Å². The van der Waals surface area contributed by atoms with Gasteiger partial charge >= 0.3 is 5.69 Å². The topological polar surface area (TPSA) is 136 Å². The van der Waals surface area contributed by atoms with E-state index in [9.17, 15) is 9.90 Å². The Kier molecular flexibility index (Phi) is 5.99. The lowest BCUT2D eigenvalue weighted by molar-refractivity contribution is -0.0458. The van der Waals surface area contributed by atoms with E-state index >= 15 is 0 Å². The maximum absolute atomic E-state index is 11.6. The Balaban J connectivity index is 0.000000268. The smallest absolute Gasteiger partial charge is 0.351 e. The van der Waals surface area contributed by atoms with Crippen LogP contribution in [0.25, 0.3) is 0 Å². The first kappa shape index (κ1) is 17.3. The second-order valence-corrected chi connectivity index (χ2v) is 5.09. The number of hydrogen-bond donors (Lipinski definition) is 3. The Morgan fingerprint density at radius 2 is 2.13 bits per heavy atom. The van der Waals surface area contributed by atoms with Crippen molar-refractivity contribution in [2.45, 2.75) is 24.9 Å². The van der Waals surface area contributed by atoms with E-state index in [1.165, 1.54) is 12.5 Å². The monoisotopic (exact) mass is 341 g/mol. The highest BCUT2D eigenvalue weighted by Gasteiger charge is 2.35. The average molecular weight is 342 g/mol. The van der Waals surface area contributed by atoms with Crippen LogP contribution >= 0.6 is 11.6 Å². The average Bonchev–Trinajstić information content (AvgIpc) is 2.94. The van der Waals surface area contributed by atoms with Crippen LogP contribution in [-0.4, -0.2) is 48.5 Å². The van der Waals surface area contributed by atoms with Gasteiger partial charge in [0.2, 0.25) is 0 Å². The standard InChI is InChI=1S/C9H12ClN3O4.C4H4N2/c10-4-2-13(9(16)12-8(4)11)7-1-5(15)6(3-14)17-7;1-2-5-4-6-3-1/h2,5-7,14-15H,1,3H2,(H2,11,12,16);1-4H/t5-,6+,7+;/m0./s1. The molecule has 0 amide bonds.